The summed E-state index contributed by atoms with van der Waals surface area (Å²) in [4.78, 5) is 41.8. The van der Waals surface area contributed by atoms with Crippen LogP contribution in [0.2, 0.25) is 0 Å². The number of hydrogen-bond acceptors (Lipinski definition) is 3. The van der Waals surface area contributed by atoms with Crippen LogP contribution in [0, 0.1) is 23.7 Å². The number of nitrogens with zero attached hydrogens (tertiary/aromatic N) is 2. The zero-order valence-corrected chi connectivity index (χ0v) is 16.4. The zero-order valence-electron chi connectivity index (χ0n) is 16.4. The number of amides is 3. The lowest BCUT2D eigenvalue weighted by Crippen LogP contribution is -2.45. The number of anilines is 1. The lowest BCUT2D eigenvalue weighted by Gasteiger charge is -2.31. The largest absolute Gasteiger partial charge is 0.311 e. The Hall–Kier alpha value is -2.43. The standard InChI is InChI=1S/C23H26N2O3/c1-13(2)14-7-8-18-15(10-14)4-3-9-24(18)19(26)12-25-22(27)20-16-5-6-17(11-16)21(20)23(25)28/h5-8,10,13,16-17,20-21H,3-4,9,11-12H2,1-2H3. The van der Waals surface area contributed by atoms with Gasteiger partial charge in [-0.15, -0.1) is 0 Å². The number of imide groups is 1. The van der Waals surface area contributed by atoms with Crippen LogP contribution in [0.15, 0.2) is 30.4 Å². The lowest BCUT2D eigenvalue weighted by atomic mass is 9.85. The van der Waals surface area contributed by atoms with E-state index < -0.39 is 0 Å². The summed E-state index contributed by atoms with van der Waals surface area (Å²) in [7, 11) is 0. The molecule has 2 aliphatic heterocycles. The molecule has 1 aromatic carbocycles. The third-order valence-corrected chi connectivity index (χ3v) is 7.04. The second-order valence-corrected chi connectivity index (χ2v) is 8.95. The molecule has 4 aliphatic rings. The molecular weight excluding hydrogens is 352 g/mol. The Kier molecular flexibility index (Phi) is 3.97. The maximum Gasteiger partial charge on any atom is 0.247 e. The van der Waals surface area contributed by atoms with E-state index in [1.54, 1.807) is 4.90 Å². The Morgan fingerprint density at radius 2 is 1.79 bits per heavy atom. The minimum atomic E-state index is -0.238. The number of allylic oxidation sites excluding steroid dienone is 2. The van der Waals surface area contributed by atoms with Crippen LogP contribution in [0.1, 0.15) is 43.7 Å². The highest BCUT2D eigenvalue weighted by Crippen LogP contribution is 2.52. The van der Waals surface area contributed by atoms with Crippen LogP contribution < -0.4 is 4.90 Å². The Labute approximate surface area is 165 Å². The first-order chi connectivity index (χ1) is 13.5. The summed E-state index contributed by atoms with van der Waals surface area (Å²) in [6.07, 6.45) is 6.93. The fourth-order valence-corrected chi connectivity index (χ4v) is 5.58. The first-order valence-electron chi connectivity index (χ1n) is 10.4. The topological polar surface area (TPSA) is 57.7 Å². The fraction of sp³-hybridized carbons (Fsp3) is 0.522. The monoisotopic (exact) mass is 378 g/mol. The molecule has 3 amide bonds. The molecule has 5 heteroatoms. The van der Waals surface area contributed by atoms with Crippen molar-refractivity contribution < 1.29 is 14.4 Å². The average molecular weight is 378 g/mol. The van der Waals surface area contributed by atoms with Crippen molar-refractivity contribution in [2.24, 2.45) is 23.7 Å². The molecule has 5 nitrogen and oxygen atoms in total. The summed E-state index contributed by atoms with van der Waals surface area (Å²) in [6.45, 7) is 4.84. The molecule has 2 fully saturated rings. The van der Waals surface area contributed by atoms with E-state index in [1.807, 2.05) is 6.07 Å². The second kappa shape index (κ2) is 6.29. The van der Waals surface area contributed by atoms with E-state index in [2.05, 4.69) is 38.1 Å². The Morgan fingerprint density at radius 3 is 2.43 bits per heavy atom. The number of carbonyl (C=O) groups excluding carboxylic acids is 3. The quantitative estimate of drug-likeness (QED) is 0.600. The van der Waals surface area contributed by atoms with Crippen molar-refractivity contribution in [3.05, 3.63) is 41.5 Å². The SMILES string of the molecule is CC(C)c1ccc2c(c1)CCCN2C(=O)CN1C(=O)C2C3C=CC(C3)C2C1=O. The Morgan fingerprint density at radius 1 is 1.11 bits per heavy atom. The van der Waals surface area contributed by atoms with Crippen molar-refractivity contribution in [3.63, 3.8) is 0 Å². The summed E-state index contributed by atoms with van der Waals surface area (Å²) in [5.74, 6) is -0.122. The minimum absolute atomic E-state index is 0.129. The first-order valence-corrected chi connectivity index (χ1v) is 10.4. The minimum Gasteiger partial charge on any atom is -0.311 e. The predicted octanol–water partition coefficient (Wildman–Crippen LogP) is 2.90. The van der Waals surface area contributed by atoms with E-state index in [0.717, 1.165) is 24.9 Å². The Bertz CT molecular complexity index is 873. The molecule has 1 saturated carbocycles. The van der Waals surface area contributed by atoms with Gasteiger partial charge in [-0.2, -0.15) is 0 Å². The number of aryl methyl sites for hydroxylation is 1. The van der Waals surface area contributed by atoms with Crippen LogP contribution in [-0.4, -0.2) is 35.7 Å². The number of fused-ring (bicyclic) bond motifs is 6. The molecule has 0 spiro atoms. The third-order valence-electron chi connectivity index (χ3n) is 7.04. The molecule has 4 unspecified atom stereocenters. The summed E-state index contributed by atoms with van der Waals surface area (Å²) in [5, 5.41) is 0. The van der Waals surface area contributed by atoms with Crippen molar-refractivity contribution >= 4 is 23.4 Å². The summed E-state index contributed by atoms with van der Waals surface area (Å²) in [6, 6.07) is 6.29. The zero-order chi connectivity index (χ0) is 19.6. The molecule has 1 saturated heterocycles. The summed E-state index contributed by atoms with van der Waals surface area (Å²) < 4.78 is 0. The molecule has 4 atom stereocenters. The van der Waals surface area contributed by atoms with Gasteiger partial charge in [0.25, 0.3) is 0 Å². The normalized spacial score (nSPS) is 30.4. The van der Waals surface area contributed by atoms with Crippen LogP contribution in [0.5, 0.6) is 0 Å². The third kappa shape index (κ3) is 2.48. The molecule has 0 N–H and O–H groups in total. The molecule has 2 heterocycles. The first kappa shape index (κ1) is 17.7. The van der Waals surface area contributed by atoms with Gasteiger partial charge in [0.15, 0.2) is 0 Å². The molecule has 28 heavy (non-hydrogen) atoms. The van der Waals surface area contributed by atoms with Gasteiger partial charge in [-0.25, -0.2) is 0 Å². The van der Waals surface area contributed by atoms with Crippen molar-refractivity contribution in [1.82, 2.24) is 4.90 Å². The van der Waals surface area contributed by atoms with Crippen molar-refractivity contribution in [2.75, 3.05) is 18.0 Å². The number of likely N-dealkylation sites (tertiary alicyclic amines) is 1. The van der Waals surface area contributed by atoms with E-state index in [0.29, 0.717) is 12.5 Å². The highest BCUT2D eigenvalue weighted by Gasteiger charge is 2.59. The molecule has 146 valence electrons. The molecule has 5 rings (SSSR count). The predicted molar refractivity (Wildman–Crippen MR) is 106 cm³/mol. The summed E-state index contributed by atoms with van der Waals surface area (Å²) in [5.41, 5.74) is 3.39. The van der Waals surface area contributed by atoms with Gasteiger partial charge in [0.05, 0.1) is 11.8 Å². The number of carbonyl (C=O) groups is 3. The van der Waals surface area contributed by atoms with Crippen molar-refractivity contribution in [1.29, 1.82) is 0 Å². The smallest absolute Gasteiger partial charge is 0.247 e. The van der Waals surface area contributed by atoms with E-state index in [4.69, 9.17) is 0 Å². The van der Waals surface area contributed by atoms with E-state index in [9.17, 15) is 14.4 Å². The fourth-order valence-electron chi connectivity index (χ4n) is 5.58. The highest BCUT2D eigenvalue weighted by molar-refractivity contribution is 6.10. The van der Waals surface area contributed by atoms with Gasteiger partial charge in [-0.1, -0.05) is 38.1 Å². The van der Waals surface area contributed by atoms with Gasteiger partial charge in [0, 0.05) is 12.2 Å². The van der Waals surface area contributed by atoms with E-state index in [-0.39, 0.29) is 47.9 Å². The van der Waals surface area contributed by atoms with E-state index in [1.165, 1.54) is 16.0 Å². The molecule has 0 radical (unpaired) electrons. The molecule has 2 bridgehead atoms. The van der Waals surface area contributed by atoms with Crippen LogP contribution in [-0.2, 0) is 20.8 Å². The van der Waals surface area contributed by atoms with Crippen molar-refractivity contribution in [3.8, 4) is 0 Å². The lowest BCUT2D eigenvalue weighted by molar-refractivity contribution is -0.143. The molecule has 0 aromatic heterocycles. The Balaban J connectivity index is 1.36. The van der Waals surface area contributed by atoms with Gasteiger partial charge < -0.3 is 4.90 Å². The number of rotatable bonds is 3. The number of benzene rings is 1. The molecule has 2 aliphatic carbocycles. The van der Waals surface area contributed by atoms with Crippen LogP contribution >= 0.6 is 0 Å². The second-order valence-electron chi connectivity index (χ2n) is 8.95. The number of hydrogen-bond donors (Lipinski definition) is 0. The van der Waals surface area contributed by atoms with Gasteiger partial charge >= 0.3 is 0 Å². The van der Waals surface area contributed by atoms with Gasteiger partial charge in [0.2, 0.25) is 17.7 Å². The summed E-state index contributed by atoms with van der Waals surface area (Å²) >= 11 is 0. The molecule has 1 aromatic rings. The maximum absolute atomic E-state index is 13.1. The van der Waals surface area contributed by atoms with Gasteiger partial charge in [-0.05, 0) is 54.2 Å². The van der Waals surface area contributed by atoms with Gasteiger partial charge in [-0.3, -0.25) is 19.3 Å². The van der Waals surface area contributed by atoms with E-state index >= 15 is 0 Å². The maximum atomic E-state index is 13.1. The highest BCUT2D eigenvalue weighted by atomic mass is 16.2. The van der Waals surface area contributed by atoms with Crippen LogP contribution in [0.25, 0.3) is 0 Å². The van der Waals surface area contributed by atoms with Crippen LogP contribution in [0.4, 0.5) is 5.69 Å². The van der Waals surface area contributed by atoms with Crippen LogP contribution in [0.3, 0.4) is 0 Å². The molecular formula is C23H26N2O3. The van der Waals surface area contributed by atoms with Crippen molar-refractivity contribution in [2.45, 2.75) is 39.0 Å². The average Bonchev–Trinajstić information content (AvgIpc) is 3.37. The van der Waals surface area contributed by atoms with Gasteiger partial charge in [0.1, 0.15) is 6.54 Å².